The van der Waals surface area contributed by atoms with E-state index in [1.54, 1.807) is 24.3 Å². The number of carbonyl (C=O) groups excluding carboxylic acids is 1. The number of sulfonamides is 1. The molecule has 0 N–H and O–H groups in total. The van der Waals surface area contributed by atoms with E-state index >= 15 is 0 Å². The SMILES string of the molecule is COC(=O)c1ccc(S(=O)(=O)N(C)c2ccccc2)cc1. The molecule has 2 aromatic rings. The average molecular weight is 305 g/mol. The predicted molar refractivity (Wildman–Crippen MR) is 79.8 cm³/mol. The van der Waals surface area contributed by atoms with Crippen LogP contribution in [0.25, 0.3) is 0 Å². The predicted octanol–water partition coefficient (Wildman–Crippen LogP) is 2.30. The van der Waals surface area contributed by atoms with Crippen molar-refractivity contribution in [2.45, 2.75) is 4.90 Å². The van der Waals surface area contributed by atoms with E-state index in [1.807, 2.05) is 6.07 Å². The highest BCUT2D eigenvalue weighted by atomic mass is 32.2. The summed E-state index contributed by atoms with van der Waals surface area (Å²) in [6.07, 6.45) is 0. The summed E-state index contributed by atoms with van der Waals surface area (Å²) in [5.41, 5.74) is 0.869. The molecule has 0 unspecified atom stereocenters. The standard InChI is InChI=1S/C15H15NO4S/c1-16(13-6-4-3-5-7-13)21(18,19)14-10-8-12(9-11-14)15(17)20-2/h3-11H,1-2H3. The molecule has 21 heavy (non-hydrogen) atoms. The third kappa shape index (κ3) is 3.05. The minimum absolute atomic E-state index is 0.113. The van der Waals surface area contributed by atoms with E-state index in [2.05, 4.69) is 4.74 Å². The molecule has 110 valence electrons. The lowest BCUT2D eigenvalue weighted by Gasteiger charge is -2.19. The van der Waals surface area contributed by atoms with Crippen LogP contribution in [0.4, 0.5) is 5.69 Å². The molecule has 0 aliphatic heterocycles. The van der Waals surface area contributed by atoms with Crippen LogP contribution in [0.1, 0.15) is 10.4 Å². The summed E-state index contributed by atoms with van der Waals surface area (Å²) in [6, 6.07) is 14.4. The van der Waals surface area contributed by atoms with Crippen LogP contribution in [-0.4, -0.2) is 28.5 Å². The van der Waals surface area contributed by atoms with Crippen molar-refractivity contribution in [1.82, 2.24) is 0 Å². The number of carbonyl (C=O) groups is 1. The van der Waals surface area contributed by atoms with Crippen molar-refractivity contribution in [2.24, 2.45) is 0 Å². The van der Waals surface area contributed by atoms with Gasteiger partial charge in [-0.1, -0.05) is 18.2 Å². The number of benzene rings is 2. The van der Waals surface area contributed by atoms with Crippen LogP contribution in [0.3, 0.4) is 0 Å². The average Bonchev–Trinajstić information content (AvgIpc) is 2.54. The number of hydrogen-bond donors (Lipinski definition) is 0. The Morgan fingerprint density at radius 1 is 1.00 bits per heavy atom. The molecule has 0 atom stereocenters. The Balaban J connectivity index is 2.34. The van der Waals surface area contributed by atoms with E-state index in [0.717, 1.165) is 0 Å². The summed E-state index contributed by atoms with van der Waals surface area (Å²) in [5.74, 6) is -0.504. The second kappa shape index (κ2) is 5.97. The van der Waals surface area contributed by atoms with Crippen molar-refractivity contribution >= 4 is 21.7 Å². The largest absolute Gasteiger partial charge is 0.465 e. The van der Waals surface area contributed by atoms with Crippen molar-refractivity contribution < 1.29 is 17.9 Å². The van der Waals surface area contributed by atoms with Gasteiger partial charge in [0.25, 0.3) is 10.0 Å². The lowest BCUT2D eigenvalue weighted by molar-refractivity contribution is 0.0600. The van der Waals surface area contributed by atoms with Crippen LogP contribution in [0.5, 0.6) is 0 Å². The minimum atomic E-state index is -3.66. The Morgan fingerprint density at radius 3 is 2.10 bits per heavy atom. The molecule has 0 bridgehead atoms. The van der Waals surface area contributed by atoms with Crippen molar-refractivity contribution in [3.8, 4) is 0 Å². The molecule has 6 heteroatoms. The van der Waals surface area contributed by atoms with E-state index in [9.17, 15) is 13.2 Å². The van der Waals surface area contributed by atoms with E-state index in [-0.39, 0.29) is 4.90 Å². The Kier molecular flexibility index (Phi) is 4.28. The fraction of sp³-hybridized carbons (Fsp3) is 0.133. The molecule has 0 aliphatic carbocycles. The maximum absolute atomic E-state index is 12.5. The lowest BCUT2D eigenvalue weighted by Crippen LogP contribution is -2.26. The molecule has 0 saturated carbocycles. The van der Waals surface area contributed by atoms with Gasteiger partial charge in [0.15, 0.2) is 0 Å². The van der Waals surface area contributed by atoms with Gasteiger partial charge in [0.2, 0.25) is 0 Å². The van der Waals surface area contributed by atoms with Crippen molar-refractivity contribution in [3.63, 3.8) is 0 Å². The number of para-hydroxylation sites is 1. The van der Waals surface area contributed by atoms with Crippen LogP contribution in [0.2, 0.25) is 0 Å². The van der Waals surface area contributed by atoms with Gasteiger partial charge in [0, 0.05) is 7.05 Å². The van der Waals surface area contributed by atoms with Gasteiger partial charge in [0.05, 0.1) is 23.3 Å². The fourth-order valence-electron chi connectivity index (χ4n) is 1.82. The van der Waals surface area contributed by atoms with Crippen LogP contribution >= 0.6 is 0 Å². The highest BCUT2D eigenvalue weighted by molar-refractivity contribution is 7.92. The van der Waals surface area contributed by atoms with Gasteiger partial charge in [-0.05, 0) is 36.4 Å². The summed E-state index contributed by atoms with van der Waals surface area (Å²) in [4.78, 5) is 11.5. The summed E-state index contributed by atoms with van der Waals surface area (Å²) in [5, 5.41) is 0. The molecule has 0 spiro atoms. The highest BCUT2D eigenvalue weighted by Gasteiger charge is 2.21. The van der Waals surface area contributed by atoms with Gasteiger partial charge in [0.1, 0.15) is 0 Å². The zero-order valence-electron chi connectivity index (χ0n) is 11.7. The summed E-state index contributed by atoms with van der Waals surface area (Å²) < 4.78 is 30.8. The van der Waals surface area contributed by atoms with Gasteiger partial charge >= 0.3 is 5.97 Å². The molecule has 0 amide bonds. The number of hydrogen-bond acceptors (Lipinski definition) is 4. The Morgan fingerprint density at radius 2 is 1.57 bits per heavy atom. The van der Waals surface area contributed by atoms with Gasteiger partial charge in [-0.15, -0.1) is 0 Å². The second-order valence-corrected chi connectivity index (χ2v) is 6.29. The zero-order chi connectivity index (χ0) is 15.5. The van der Waals surface area contributed by atoms with Crippen molar-refractivity contribution in [3.05, 3.63) is 60.2 Å². The third-order valence-corrected chi connectivity index (χ3v) is 4.85. The molecular formula is C15H15NO4S. The molecule has 5 nitrogen and oxygen atoms in total. The quantitative estimate of drug-likeness (QED) is 0.813. The van der Waals surface area contributed by atoms with Gasteiger partial charge < -0.3 is 4.74 Å². The van der Waals surface area contributed by atoms with Crippen LogP contribution in [-0.2, 0) is 14.8 Å². The molecule has 2 rings (SSSR count). The number of ether oxygens (including phenoxy) is 1. The first-order chi connectivity index (χ1) is 9.96. The van der Waals surface area contributed by atoms with Crippen LogP contribution in [0.15, 0.2) is 59.5 Å². The van der Waals surface area contributed by atoms with Crippen molar-refractivity contribution in [1.29, 1.82) is 0 Å². The monoisotopic (exact) mass is 305 g/mol. The molecule has 0 aromatic heterocycles. The molecule has 0 saturated heterocycles. The number of esters is 1. The van der Waals surface area contributed by atoms with E-state index in [0.29, 0.717) is 11.3 Å². The molecule has 0 fully saturated rings. The summed E-state index contributed by atoms with van der Waals surface area (Å²) in [6.45, 7) is 0. The van der Waals surface area contributed by atoms with E-state index in [4.69, 9.17) is 0 Å². The maximum atomic E-state index is 12.5. The van der Waals surface area contributed by atoms with E-state index in [1.165, 1.54) is 42.7 Å². The lowest BCUT2D eigenvalue weighted by atomic mass is 10.2. The number of rotatable bonds is 4. The molecule has 0 aliphatic rings. The Bertz CT molecular complexity index is 724. The Labute approximate surface area is 123 Å². The second-order valence-electron chi connectivity index (χ2n) is 4.32. The zero-order valence-corrected chi connectivity index (χ0v) is 12.5. The van der Waals surface area contributed by atoms with Gasteiger partial charge in [-0.25, -0.2) is 13.2 Å². The normalized spacial score (nSPS) is 11.0. The van der Waals surface area contributed by atoms with Gasteiger partial charge in [-0.3, -0.25) is 4.31 Å². The maximum Gasteiger partial charge on any atom is 0.337 e. The summed E-state index contributed by atoms with van der Waals surface area (Å²) in [7, 11) is -0.901. The topological polar surface area (TPSA) is 63.7 Å². The molecular weight excluding hydrogens is 290 g/mol. The smallest absolute Gasteiger partial charge is 0.337 e. The molecule has 2 aromatic carbocycles. The van der Waals surface area contributed by atoms with Crippen LogP contribution < -0.4 is 4.31 Å². The van der Waals surface area contributed by atoms with Crippen molar-refractivity contribution in [2.75, 3.05) is 18.5 Å². The summed E-state index contributed by atoms with van der Waals surface area (Å²) >= 11 is 0. The molecule has 0 heterocycles. The first-order valence-electron chi connectivity index (χ1n) is 6.19. The molecule has 0 radical (unpaired) electrons. The fourth-order valence-corrected chi connectivity index (χ4v) is 3.01. The first kappa shape index (κ1) is 15.1. The number of nitrogens with zero attached hydrogens (tertiary/aromatic N) is 1. The number of anilines is 1. The first-order valence-corrected chi connectivity index (χ1v) is 7.63. The van der Waals surface area contributed by atoms with Gasteiger partial charge in [-0.2, -0.15) is 0 Å². The van der Waals surface area contributed by atoms with Crippen LogP contribution in [0, 0.1) is 0 Å². The highest BCUT2D eigenvalue weighted by Crippen LogP contribution is 2.21. The van der Waals surface area contributed by atoms with E-state index < -0.39 is 16.0 Å². The Hall–Kier alpha value is -2.34. The minimum Gasteiger partial charge on any atom is -0.465 e. The number of methoxy groups -OCH3 is 1. The third-order valence-electron chi connectivity index (χ3n) is 3.05.